The highest BCUT2D eigenvalue weighted by Gasteiger charge is 2.82. The Bertz CT molecular complexity index is 766. The van der Waals surface area contributed by atoms with Crippen LogP contribution in [-0.2, 0) is 4.74 Å². The maximum atomic E-state index is 11.6. The van der Waals surface area contributed by atoms with E-state index in [1.54, 1.807) is 0 Å². The van der Waals surface area contributed by atoms with Crippen LogP contribution in [0.4, 0.5) is 0 Å². The average Bonchev–Trinajstić information content (AvgIpc) is 3.29. The van der Waals surface area contributed by atoms with Gasteiger partial charge >= 0.3 is 0 Å². The standard InChI is InChI=1S/C30H52O3/c1-17(2)18(3)19(4)26(32)29(8)30(33-29)16-12-24-21-9-10-22-20(5)25(31)13-14-27(22,6)23(21)11-15-28(24,30)7/h17-26,31-32H,9-16H2,1-8H3/t18-,19+,20+,21-,22+,23+,24+,25+,26-,27+,28+,29+,30+/m1/s1. The second-order valence-electron chi connectivity index (χ2n) is 14.5. The van der Waals surface area contributed by atoms with Crippen LogP contribution in [0.3, 0.4) is 0 Å². The molecule has 1 saturated heterocycles. The molecule has 3 nitrogen and oxygen atoms in total. The summed E-state index contributed by atoms with van der Waals surface area (Å²) in [5.41, 5.74) is 0.0606. The lowest BCUT2D eigenvalue weighted by atomic mass is 9.43. The summed E-state index contributed by atoms with van der Waals surface area (Å²) >= 11 is 0. The largest absolute Gasteiger partial charge is 0.393 e. The molecular weight excluding hydrogens is 408 g/mol. The summed E-state index contributed by atoms with van der Waals surface area (Å²) in [6.07, 6.45) is 9.28. The highest BCUT2D eigenvalue weighted by molar-refractivity contribution is 5.30. The maximum absolute atomic E-state index is 11.6. The summed E-state index contributed by atoms with van der Waals surface area (Å²) in [7, 11) is 0. The van der Waals surface area contributed by atoms with Gasteiger partial charge in [0.05, 0.1) is 12.2 Å². The second kappa shape index (κ2) is 7.69. The van der Waals surface area contributed by atoms with Crippen LogP contribution >= 0.6 is 0 Å². The monoisotopic (exact) mass is 460 g/mol. The Morgan fingerprint density at radius 1 is 0.788 bits per heavy atom. The predicted molar refractivity (Wildman–Crippen MR) is 134 cm³/mol. The fourth-order valence-electron chi connectivity index (χ4n) is 10.7. The minimum Gasteiger partial charge on any atom is -0.393 e. The van der Waals surface area contributed by atoms with E-state index in [-0.39, 0.29) is 23.0 Å². The van der Waals surface area contributed by atoms with E-state index in [2.05, 4.69) is 55.4 Å². The number of aliphatic hydroxyl groups is 2. The molecule has 1 heterocycles. The molecule has 33 heavy (non-hydrogen) atoms. The Labute approximate surface area is 203 Å². The van der Waals surface area contributed by atoms with Crippen LogP contribution in [0.15, 0.2) is 0 Å². The third-order valence-electron chi connectivity index (χ3n) is 13.4. The van der Waals surface area contributed by atoms with Crippen molar-refractivity contribution in [3.05, 3.63) is 0 Å². The van der Waals surface area contributed by atoms with Gasteiger partial charge < -0.3 is 14.9 Å². The van der Waals surface area contributed by atoms with Crippen molar-refractivity contribution in [2.75, 3.05) is 0 Å². The molecule has 4 saturated carbocycles. The highest BCUT2D eigenvalue weighted by atomic mass is 16.6. The van der Waals surface area contributed by atoms with Crippen molar-refractivity contribution in [3.63, 3.8) is 0 Å². The molecule has 0 bridgehead atoms. The van der Waals surface area contributed by atoms with E-state index >= 15 is 0 Å². The van der Waals surface area contributed by atoms with Crippen molar-refractivity contribution in [2.24, 2.45) is 58.2 Å². The number of hydrogen-bond acceptors (Lipinski definition) is 3. The summed E-state index contributed by atoms with van der Waals surface area (Å²) in [5, 5.41) is 22.2. The lowest BCUT2D eigenvalue weighted by molar-refractivity contribution is -0.149. The maximum Gasteiger partial charge on any atom is 0.122 e. The summed E-state index contributed by atoms with van der Waals surface area (Å²) < 4.78 is 6.80. The molecule has 1 aliphatic heterocycles. The van der Waals surface area contributed by atoms with Crippen LogP contribution in [0.1, 0.15) is 107 Å². The fraction of sp³-hybridized carbons (Fsp3) is 1.00. The number of fused-ring (bicyclic) bond motifs is 6. The van der Waals surface area contributed by atoms with Crippen molar-refractivity contribution in [2.45, 2.75) is 130 Å². The molecule has 5 fully saturated rings. The van der Waals surface area contributed by atoms with Crippen LogP contribution in [0.2, 0.25) is 0 Å². The quantitative estimate of drug-likeness (QED) is 0.474. The van der Waals surface area contributed by atoms with E-state index in [0.29, 0.717) is 29.1 Å². The molecule has 2 N–H and O–H groups in total. The zero-order chi connectivity index (χ0) is 24.1. The normalized spacial score (nSPS) is 56.1. The van der Waals surface area contributed by atoms with Crippen LogP contribution in [0, 0.1) is 58.2 Å². The molecule has 4 aliphatic carbocycles. The van der Waals surface area contributed by atoms with Gasteiger partial charge in [0, 0.05) is 5.41 Å². The van der Waals surface area contributed by atoms with E-state index < -0.39 is 11.7 Å². The van der Waals surface area contributed by atoms with E-state index in [1.807, 2.05) is 0 Å². The fourth-order valence-corrected chi connectivity index (χ4v) is 10.7. The van der Waals surface area contributed by atoms with E-state index in [0.717, 1.165) is 30.6 Å². The molecule has 0 aromatic carbocycles. The first-order chi connectivity index (χ1) is 15.3. The average molecular weight is 461 g/mol. The summed E-state index contributed by atoms with van der Waals surface area (Å²) in [5.74, 6) is 4.76. The zero-order valence-corrected chi connectivity index (χ0v) is 22.7. The van der Waals surface area contributed by atoms with Gasteiger partial charge in [-0.25, -0.2) is 0 Å². The molecule has 13 atom stereocenters. The number of aliphatic hydroxyl groups excluding tert-OH is 2. The summed E-state index contributed by atoms with van der Waals surface area (Å²) in [6.45, 7) is 18.8. The topological polar surface area (TPSA) is 53.0 Å². The molecule has 0 aromatic rings. The number of hydrogen-bond donors (Lipinski definition) is 2. The van der Waals surface area contributed by atoms with Gasteiger partial charge in [-0.2, -0.15) is 0 Å². The Morgan fingerprint density at radius 2 is 1.45 bits per heavy atom. The number of rotatable bonds is 4. The minimum atomic E-state index is -0.392. The van der Waals surface area contributed by atoms with Crippen molar-refractivity contribution >= 4 is 0 Å². The Morgan fingerprint density at radius 3 is 2.12 bits per heavy atom. The van der Waals surface area contributed by atoms with E-state index in [4.69, 9.17) is 4.74 Å². The third kappa shape index (κ3) is 3.03. The zero-order valence-electron chi connectivity index (χ0n) is 22.7. The van der Waals surface area contributed by atoms with Gasteiger partial charge in [0.2, 0.25) is 0 Å². The molecule has 0 unspecified atom stereocenters. The van der Waals surface area contributed by atoms with Gasteiger partial charge in [-0.05, 0) is 111 Å². The molecule has 3 heteroatoms. The first-order valence-electron chi connectivity index (χ1n) is 14.4. The van der Waals surface area contributed by atoms with E-state index in [9.17, 15) is 10.2 Å². The van der Waals surface area contributed by atoms with Crippen molar-refractivity contribution in [1.82, 2.24) is 0 Å². The highest BCUT2D eigenvalue weighted by Crippen LogP contribution is 2.76. The smallest absolute Gasteiger partial charge is 0.122 e. The van der Waals surface area contributed by atoms with Crippen LogP contribution in [0.25, 0.3) is 0 Å². The predicted octanol–water partition coefficient (Wildman–Crippen LogP) is 6.45. The Hall–Kier alpha value is -0.120. The first-order valence-corrected chi connectivity index (χ1v) is 14.4. The van der Waals surface area contributed by atoms with Crippen molar-refractivity contribution < 1.29 is 14.9 Å². The lowest BCUT2D eigenvalue weighted by Gasteiger charge is -2.62. The number of epoxide rings is 1. The molecule has 5 aliphatic rings. The van der Waals surface area contributed by atoms with Gasteiger partial charge in [-0.1, -0.05) is 48.5 Å². The minimum absolute atomic E-state index is 0.0967. The van der Waals surface area contributed by atoms with Gasteiger partial charge in [-0.15, -0.1) is 0 Å². The molecular formula is C30H52O3. The first kappa shape index (κ1) is 24.6. The van der Waals surface area contributed by atoms with Crippen LogP contribution in [-0.4, -0.2) is 33.6 Å². The molecule has 0 aromatic heterocycles. The Balaban J connectivity index is 1.39. The molecule has 1 spiro atoms. The Kier molecular flexibility index (Phi) is 5.72. The van der Waals surface area contributed by atoms with Gasteiger partial charge in [0.25, 0.3) is 0 Å². The van der Waals surface area contributed by atoms with Gasteiger partial charge in [0.1, 0.15) is 11.2 Å². The molecule has 0 radical (unpaired) electrons. The molecule has 0 amide bonds. The second-order valence-corrected chi connectivity index (χ2v) is 14.5. The number of ether oxygens (including phenoxy) is 1. The van der Waals surface area contributed by atoms with Crippen LogP contribution in [0.5, 0.6) is 0 Å². The van der Waals surface area contributed by atoms with Crippen LogP contribution < -0.4 is 0 Å². The molecule has 5 rings (SSSR count). The third-order valence-corrected chi connectivity index (χ3v) is 13.4. The van der Waals surface area contributed by atoms with E-state index in [1.165, 1.54) is 38.5 Å². The summed E-state index contributed by atoms with van der Waals surface area (Å²) in [4.78, 5) is 0. The van der Waals surface area contributed by atoms with Gasteiger partial charge in [-0.3, -0.25) is 0 Å². The molecule has 190 valence electrons. The SMILES string of the molecule is CC(C)[C@@H](C)[C@H](C)[C@@H](O)[C@]1(C)O[C@]12CC[C@H]1[C@@H]3CC[C@H]4[C@H](C)[C@@H](O)CC[C@]4(C)[C@H]3CC[C@@]12C. The lowest BCUT2D eigenvalue weighted by Crippen LogP contribution is -2.58. The van der Waals surface area contributed by atoms with Crippen molar-refractivity contribution in [3.8, 4) is 0 Å². The van der Waals surface area contributed by atoms with Gasteiger partial charge in [0.15, 0.2) is 0 Å². The van der Waals surface area contributed by atoms with Crippen molar-refractivity contribution in [1.29, 1.82) is 0 Å². The summed E-state index contributed by atoms with van der Waals surface area (Å²) in [6, 6.07) is 0.